The minimum atomic E-state index is -0.460. The fraction of sp³-hybridized carbons (Fsp3) is 0.571. The molecule has 0 radical (unpaired) electrons. The number of nitrogens with two attached hydrogens (primary N) is 1. The third kappa shape index (κ3) is 3.02. The summed E-state index contributed by atoms with van der Waals surface area (Å²) in [5, 5.41) is 0. The van der Waals surface area contributed by atoms with Crippen molar-refractivity contribution in [2.45, 2.75) is 24.8 Å². The van der Waals surface area contributed by atoms with Gasteiger partial charge in [0.2, 0.25) is 5.91 Å². The van der Waals surface area contributed by atoms with Crippen molar-refractivity contribution in [3.8, 4) is 0 Å². The summed E-state index contributed by atoms with van der Waals surface area (Å²) >= 11 is 0. The summed E-state index contributed by atoms with van der Waals surface area (Å²) in [4.78, 5) is 39.4. The Balaban J connectivity index is 1.33. The van der Waals surface area contributed by atoms with Crippen molar-refractivity contribution in [3.63, 3.8) is 0 Å². The smallest absolute Gasteiger partial charge is 0.250 e. The van der Waals surface area contributed by atoms with Crippen LogP contribution in [-0.2, 0) is 10.3 Å². The maximum absolute atomic E-state index is 12.7. The van der Waals surface area contributed by atoms with Crippen LogP contribution in [0.3, 0.4) is 0 Å². The van der Waals surface area contributed by atoms with Gasteiger partial charge in [0.05, 0.1) is 16.6 Å². The first-order chi connectivity index (χ1) is 14.0. The Morgan fingerprint density at radius 3 is 2.72 bits per heavy atom. The van der Waals surface area contributed by atoms with Crippen molar-refractivity contribution < 1.29 is 9.59 Å². The Hall–Kier alpha value is -2.45. The van der Waals surface area contributed by atoms with E-state index in [2.05, 4.69) is 21.8 Å². The first-order valence-electron chi connectivity index (χ1n) is 10.5. The number of likely N-dealkylation sites (N-methyl/N-ethyl adjacent to an activating group) is 1. The third-order valence-corrected chi connectivity index (χ3v) is 7.01. The molecule has 3 aliphatic heterocycles. The highest BCUT2D eigenvalue weighted by molar-refractivity contribution is 6.04. The molecule has 6 rings (SSSR count). The van der Waals surface area contributed by atoms with Crippen molar-refractivity contribution in [1.82, 2.24) is 24.7 Å². The second-order valence-corrected chi connectivity index (χ2v) is 8.84. The number of imidazole rings is 1. The zero-order valence-corrected chi connectivity index (χ0v) is 16.9. The second kappa shape index (κ2) is 6.81. The van der Waals surface area contributed by atoms with E-state index in [0.717, 1.165) is 63.5 Å². The normalized spacial score (nSPS) is 27.3. The number of hydrogen-bond donors (Lipinski definition) is 2. The molecular weight excluding hydrogens is 368 g/mol. The summed E-state index contributed by atoms with van der Waals surface area (Å²) in [6.07, 6.45) is 2.66. The highest BCUT2D eigenvalue weighted by atomic mass is 16.2. The van der Waals surface area contributed by atoms with Gasteiger partial charge in [0.25, 0.3) is 5.91 Å². The van der Waals surface area contributed by atoms with Crippen LogP contribution in [0.1, 0.15) is 35.4 Å². The molecule has 0 unspecified atom stereocenters. The van der Waals surface area contributed by atoms with Crippen molar-refractivity contribution in [2.75, 3.05) is 46.3 Å². The molecule has 3 N–H and O–H groups in total. The molecule has 0 spiro atoms. The van der Waals surface area contributed by atoms with Crippen LogP contribution in [-0.4, -0.2) is 82.8 Å². The van der Waals surface area contributed by atoms with Crippen LogP contribution in [0, 0.1) is 5.92 Å². The molecule has 1 aliphatic carbocycles. The minimum Gasteiger partial charge on any atom is -0.366 e. The van der Waals surface area contributed by atoms with Gasteiger partial charge in [-0.15, -0.1) is 0 Å². The standard InChI is InChI=1S/C21H28N6O2/c1-25-7-9-26(10-8-25)17(28)5-6-27-13-14-11-21(27,12-14)20-23-16-4-2-3-15(19(22)29)18(16)24-20/h2-4,14H,5-13H2,1H3,(H2,22,29)(H,23,24). The first kappa shape index (κ1) is 18.6. The number of nitrogens with zero attached hydrogens (tertiary/aromatic N) is 4. The molecule has 4 aliphatic rings. The SMILES string of the molecule is CN1CCN(C(=O)CCN2CC3CC2(c2nc4c(C(N)=O)cccc4[nH]2)C3)CC1. The summed E-state index contributed by atoms with van der Waals surface area (Å²) < 4.78 is 0. The quantitative estimate of drug-likeness (QED) is 0.777. The summed E-state index contributed by atoms with van der Waals surface area (Å²) in [6, 6.07) is 5.48. The van der Waals surface area contributed by atoms with Gasteiger partial charge in [-0.2, -0.15) is 0 Å². The summed E-state index contributed by atoms with van der Waals surface area (Å²) in [5.41, 5.74) is 7.33. The summed E-state index contributed by atoms with van der Waals surface area (Å²) in [5.74, 6) is 1.36. The molecule has 29 heavy (non-hydrogen) atoms. The number of para-hydroxylation sites is 1. The van der Waals surface area contributed by atoms with Gasteiger partial charge in [0, 0.05) is 45.7 Å². The van der Waals surface area contributed by atoms with E-state index in [0.29, 0.717) is 23.4 Å². The average molecular weight is 396 g/mol. The minimum absolute atomic E-state index is 0.138. The van der Waals surface area contributed by atoms with Gasteiger partial charge in [-0.1, -0.05) is 6.07 Å². The zero-order chi connectivity index (χ0) is 20.2. The molecule has 3 saturated heterocycles. The number of piperazine rings is 1. The van der Waals surface area contributed by atoms with Gasteiger partial charge in [-0.25, -0.2) is 4.98 Å². The number of primary amides is 1. The Labute approximate surface area is 170 Å². The topological polar surface area (TPSA) is 98.6 Å². The first-order valence-corrected chi connectivity index (χ1v) is 10.5. The summed E-state index contributed by atoms with van der Waals surface area (Å²) in [7, 11) is 2.10. The van der Waals surface area contributed by atoms with Gasteiger partial charge in [0.1, 0.15) is 11.3 Å². The number of nitrogens with one attached hydrogen (secondary N) is 1. The number of benzene rings is 1. The average Bonchev–Trinajstić information content (AvgIpc) is 3.36. The highest BCUT2D eigenvalue weighted by Gasteiger charge is 2.58. The largest absolute Gasteiger partial charge is 0.366 e. The van der Waals surface area contributed by atoms with E-state index in [1.165, 1.54) is 0 Å². The fourth-order valence-electron chi connectivity index (χ4n) is 5.31. The molecule has 1 saturated carbocycles. The predicted molar refractivity (Wildman–Crippen MR) is 109 cm³/mol. The predicted octanol–water partition coefficient (Wildman–Crippen LogP) is 0.747. The van der Waals surface area contributed by atoms with E-state index >= 15 is 0 Å². The number of amides is 2. The molecule has 154 valence electrons. The third-order valence-electron chi connectivity index (χ3n) is 7.01. The van der Waals surface area contributed by atoms with Gasteiger partial charge in [-0.05, 0) is 37.9 Å². The number of H-pyrrole nitrogens is 1. The number of rotatable bonds is 5. The number of aromatic amines is 1. The number of aromatic nitrogens is 2. The van der Waals surface area contributed by atoms with Gasteiger partial charge in [-0.3, -0.25) is 14.5 Å². The highest BCUT2D eigenvalue weighted by Crippen LogP contribution is 2.56. The van der Waals surface area contributed by atoms with Gasteiger partial charge < -0.3 is 20.5 Å². The molecule has 1 aromatic carbocycles. The van der Waals surface area contributed by atoms with Gasteiger partial charge >= 0.3 is 0 Å². The lowest BCUT2D eigenvalue weighted by atomic mass is 9.72. The molecule has 4 fully saturated rings. The van der Waals surface area contributed by atoms with E-state index in [-0.39, 0.29) is 11.4 Å². The Kier molecular flexibility index (Phi) is 4.36. The van der Waals surface area contributed by atoms with Crippen LogP contribution >= 0.6 is 0 Å². The maximum atomic E-state index is 12.7. The van der Waals surface area contributed by atoms with Crippen molar-refractivity contribution in [2.24, 2.45) is 11.7 Å². The lowest BCUT2D eigenvalue weighted by Crippen LogP contribution is -2.48. The monoisotopic (exact) mass is 396 g/mol. The number of fused-ring (bicyclic) bond motifs is 2. The second-order valence-electron chi connectivity index (χ2n) is 8.84. The van der Waals surface area contributed by atoms with E-state index in [9.17, 15) is 9.59 Å². The molecule has 1 aromatic heterocycles. The lowest BCUT2D eigenvalue weighted by molar-refractivity contribution is -0.133. The molecule has 0 atom stereocenters. The van der Waals surface area contributed by atoms with Crippen LogP contribution in [0.25, 0.3) is 11.0 Å². The number of carbonyl (C=O) groups is 2. The Morgan fingerprint density at radius 1 is 1.24 bits per heavy atom. The summed E-state index contributed by atoms with van der Waals surface area (Å²) in [6.45, 7) is 5.30. The Morgan fingerprint density at radius 2 is 2.00 bits per heavy atom. The van der Waals surface area contributed by atoms with Crippen molar-refractivity contribution in [1.29, 1.82) is 0 Å². The lowest BCUT2D eigenvalue weighted by Gasteiger charge is -2.41. The van der Waals surface area contributed by atoms with Crippen LogP contribution < -0.4 is 5.73 Å². The van der Waals surface area contributed by atoms with Crippen molar-refractivity contribution in [3.05, 3.63) is 29.6 Å². The van der Waals surface area contributed by atoms with E-state index in [4.69, 9.17) is 10.7 Å². The molecule has 8 heteroatoms. The molecule has 2 amide bonds. The molecule has 2 aromatic rings. The molecule has 8 nitrogen and oxygen atoms in total. The molecule has 4 heterocycles. The fourth-order valence-corrected chi connectivity index (χ4v) is 5.31. The van der Waals surface area contributed by atoms with E-state index in [1.807, 2.05) is 17.0 Å². The molecular formula is C21H28N6O2. The van der Waals surface area contributed by atoms with Crippen LogP contribution in [0.15, 0.2) is 18.2 Å². The van der Waals surface area contributed by atoms with E-state index < -0.39 is 5.91 Å². The number of carbonyl (C=O) groups excluding carboxylic acids is 2. The Bertz CT molecular complexity index is 955. The van der Waals surface area contributed by atoms with Gasteiger partial charge in [0.15, 0.2) is 0 Å². The van der Waals surface area contributed by atoms with Crippen LogP contribution in [0.2, 0.25) is 0 Å². The van der Waals surface area contributed by atoms with E-state index in [1.54, 1.807) is 6.07 Å². The zero-order valence-electron chi connectivity index (χ0n) is 16.9. The molecule has 2 bridgehead atoms. The maximum Gasteiger partial charge on any atom is 0.250 e. The van der Waals surface area contributed by atoms with Crippen molar-refractivity contribution >= 4 is 22.8 Å². The van der Waals surface area contributed by atoms with Crippen LogP contribution in [0.4, 0.5) is 0 Å². The van der Waals surface area contributed by atoms with Crippen LogP contribution in [0.5, 0.6) is 0 Å². The number of hydrogen-bond acceptors (Lipinski definition) is 5.